The predicted molar refractivity (Wildman–Crippen MR) is 59.7 cm³/mol. The minimum Gasteiger partial charge on any atom is -0.369 e. The molecule has 0 radical (unpaired) electrons. The van der Waals surface area contributed by atoms with E-state index < -0.39 is 0 Å². The van der Waals surface area contributed by atoms with Crippen LogP contribution in [0.2, 0.25) is 0 Å². The van der Waals surface area contributed by atoms with Crippen LogP contribution in [0.5, 0.6) is 0 Å². The highest BCUT2D eigenvalue weighted by molar-refractivity contribution is 5.77. The number of carbonyl (C=O) groups excluding carboxylic acids is 1. The highest BCUT2D eigenvalue weighted by Crippen LogP contribution is 2.10. The van der Waals surface area contributed by atoms with Crippen LogP contribution in [-0.2, 0) is 9.53 Å². The molecule has 0 aromatic rings. The monoisotopic (exact) mass is 214 g/mol. The lowest BCUT2D eigenvalue weighted by Gasteiger charge is -2.39. The Morgan fingerprint density at radius 1 is 1.53 bits per heavy atom. The molecule has 1 rings (SSSR count). The van der Waals surface area contributed by atoms with E-state index in [9.17, 15) is 4.79 Å². The molecule has 1 fully saturated rings. The molecular formula is C11H22N2O2. The molecule has 0 atom stereocenters. The fourth-order valence-corrected chi connectivity index (χ4v) is 1.68. The lowest BCUT2D eigenvalue weighted by molar-refractivity contribution is -0.139. The maximum atomic E-state index is 11.8. The highest BCUT2D eigenvalue weighted by atomic mass is 16.5. The molecule has 4 nitrogen and oxygen atoms in total. The molecule has 0 aromatic heterocycles. The van der Waals surface area contributed by atoms with Gasteiger partial charge in [-0.3, -0.25) is 4.79 Å². The van der Waals surface area contributed by atoms with E-state index in [-0.39, 0.29) is 24.2 Å². The first-order valence-corrected chi connectivity index (χ1v) is 5.55. The molecule has 1 saturated heterocycles. The summed E-state index contributed by atoms with van der Waals surface area (Å²) in [5.41, 5.74) is 0.0196. The number of rotatable bonds is 3. The van der Waals surface area contributed by atoms with Crippen molar-refractivity contribution >= 4 is 5.91 Å². The molecule has 1 amide bonds. The second kappa shape index (κ2) is 4.94. The van der Waals surface area contributed by atoms with E-state index in [0.29, 0.717) is 0 Å². The number of amides is 1. The fourth-order valence-electron chi connectivity index (χ4n) is 1.68. The number of nitrogens with one attached hydrogen (secondary N) is 1. The van der Waals surface area contributed by atoms with Gasteiger partial charge in [0.1, 0.15) is 6.61 Å². The molecule has 1 heterocycles. The molecule has 1 aliphatic heterocycles. The van der Waals surface area contributed by atoms with Gasteiger partial charge < -0.3 is 15.0 Å². The van der Waals surface area contributed by atoms with Gasteiger partial charge >= 0.3 is 0 Å². The topological polar surface area (TPSA) is 41.6 Å². The molecular weight excluding hydrogens is 192 g/mol. The molecule has 88 valence electrons. The van der Waals surface area contributed by atoms with Crippen LogP contribution in [0.4, 0.5) is 0 Å². The molecule has 0 unspecified atom stereocenters. The van der Waals surface area contributed by atoms with Crippen molar-refractivity contribution in [2.45, 2.75) is 39.3 Å². The summed E-state index contributed by atoms with van der Waals surface area (Å²) in [5, 5.41) is 3.37. The maximum absolute atomic E-state index is 11.8. The van der Waals surface area contributed by atoms with Crippen LogP contribution in [0.15, 0.2) is 0 Å². The summed E-state index contributed by atoms with van der Waals surface area (Å²) in [5.74, 6) is 0.0956. The molecule has 0 aromatic carbocycles. The third kappa shape index (κ3) is 4.18. The largest absolute Gasteiger partial charge is 0.369 e. The number of hydrogen-bond donors (Lipinski definition) is 1. The fraction of sp³-hybridized carbons (Fsp3) is 0.909. The third-order valence-electron chi connectivity index (χ3n) is 2.46. The molecule has 0 aliphatic carbocycles. The average molecular weight is 214 g/mol. The number of ether oxygens (including phenoxy) is 1. The second-order valence-electron chi connectivity index (χ2n) is 4.99. The SMILES string of the molecule is CC(C)OCC(=O)N1CCNC(C)(C)C1. The van der Waals surface area contributed by atoms with Gasteiger partial charge in [0.15, 0.2) is 0 Å². The molecule has 0 spiro atoms. The van der Waals surface area contributed by atoms with Crippen molar-refractivity contribution in [2.24, 2.45) is 0 Å². The Balaban J connectivity index is 2.39. The smallest absolute Gasteiger partial charge is 0.248 e. The quantitative estimate of drug-likeness (QED) is 0.749. The molecule has 4 heteroatoms. The van der Waals surface area contributed by atoms with E-state index in [1.807, 2.05) is 18.7 Å². The first kappa shape index (κ1) is 12.5. The van der Waals surface area contributed by atoms with Gasteiger partial charge in [-0.2, -0.15) is 0 Å². The van der Waals surface area contributed by atoms with Crippen molar-refractivity contribution in [1.82, 2.24) is 10.2 Å². The standard InChI is InChI=1S/C11H22N2O2/c1-9(2)15-7-10(14)13-6-5-12-11(3,4)8-13/h9,12H,5-8H2,1-4H3. The van der Waals surface area contributed by atoms with E-state index in [1.165, 1.54) is 0 Å². The van der Waals surface area contributed by atoms with Gasteiger partial charge in [0.25, 0.3) is 0 Å². The van der Waals surface area contributed by atoms with Crippen molar-refractivity contribution in [3.05, 3.63) is 0 Å². The Labute approximate surface area is 92.0 Å². The van der Waals surface area contributed by atoms with E-state index in [1.54, 1.807) is 0 Å². The Bertz CT molecular complexity index is 227. The zero-order valence-corrected chi connectivity index (χ0v) is 10.2. The zero-order valence-electron chi connectivity index (χ0n) is 10.2. The van der Waals surface area contributed by atoms with Gasteiger partial charge in [0.2, 0.25) is 5.91 Å². The van der Waals surface area contributed by atoms with Crippen LogP contribution in [0, 0.1) is 0 Å². The van der Waals surface area contributed by atoms with Gasteiger partial charge in [-0.1, -0.05) is 0 Å². The predicted octanol–water partition coefficient (Wildman–Crippen LogP) is 0.622. The summed E-state index contributed by atoms with van der Waals surface area (Å²) < 4.78 is 5.31. The Kier molecular flexibility index (Phi) is 4.11. The summed E-state index contributed by atoms with van der Waals surface area (Å²) in [6.45, 7) is 10.7. The minimum absolute atomic E-state index is 0.0196. The lowest BCUT2D eigenvalue weighted by atomic mass is 10.0. The average Bonchev–Trinajstić information content (AvgIpc) is 2.12. The van der Waals surface area contributed by atoms with E-state index in [2.05, 4.69) is 19.2 Å². The van der Waals surface area contributed by atoms with Gasteiger partial charge in [0.05, 0.1) is 6.10 Å². The van der Waals surface area contributed by atoms with Crippen molar-refractivity contribution in [3.63, 3.8) is 0 Å². The van der Waals surface area contributed by atoms with Crippen molar-refractivity contribution in [3.8, 4) is 0 Å². The first-order valence-electron chi connectivity index (χ1n) is 5.55. The number of nitrogens with zero attached hydrogens (tertiary/aromatic N) is 1. The summed E-state index contributed by atoms with van der Waals surface area (Å²) in [6.07, 6.45) is 0.116. The van der Waals surface area contributed by atoms with Crippen molar-refractivity contribution in [2.75, 3.05) is 26.2 Å². The summed E-state index contributed by atoms with van der Waals surface area (Å²) >= 11 is 0. The molecule has 15 heavy (non-hydrogen) atoms. The molecule has 1 aliphatic rings. The van der Waals surface area contributed by atoms with Gasteiger partial charge in [-0.05, 0) is 27.7 Å². The Morgan fingerprint density at radius 2 is 2.20 bits per heavy atom. The van der Waals surface area contributed by atoms with Crippen LogP contribution >= 0.6 is 0 Å². The summed E-state index contributed by atoms with van der Waals surface area (Å²) in [4.78, 5) is 13.6. The number of piperazine rings is 1. The Morgan fingerprint density at radius 3 is 2.73 bits per heavy atom. The van der Waals surface area contributed by atoms with Gasteiger partial charge in [-0.25, -0.2) is 0 Å². The van der Waals surface area contributed by atoms with E-state index in [0.717, 1.165) is 19.6 Å². The second-order valence-corrected chi connectivity index (χ2v) is 4.99. The van der Waals surface area contributed by atoms with E-state index >= 15 is 0 Å². The summed E-state index contributed by atoms with van der Waals surface area (Å²) in [7, 11) is 0. The van der Waals surface area contributed by atoms with Crippen LogP contribution in [0.3, 0.4) is 0 Å². The van der Waals surface area contributed by atoms with Crippen molar-refractivity contribution < 1.29 is 9.53 Å². The number of carbonyl (C=O) groups is 1. The number of hydrogen-bond acceptors (Lipinski definition) is 3. The summed E-state index contributed by atoms with van der Waals surface area (Å²) in [6, 6.07) is 0. The zero-order chi connectivity index (χ0) is 11.5. The maximum Gasteiger partial charge on any atom is 0.248 e. The van der Waals surface area contributed by atoms with Crippen LogP contribution in [0.25, 0.3) is 0 Å². The molecule has 0 saturated carbocycles. The molecule has 1 N–H and O–H groups in total. The minimum atomic E-state index is 0.0196. The molecule has 0 bridgehead atoms. The highest BCUT2D eigenvalue weighted by Gasteiger charge is 2.28. The van der Waals surface area contributed by atoms with Crippen LogP contribution in [-0.4, -0.2) is 48.7 Å². The normalized spacial score (nSPS) is 20.7. The Hall–Kier alpha value is -0.610. The van der Waals surface area contributed by atoms with Gasteiger partial charge in [-0.15, -0.1) is 0 Å². The van der Waals surface area contributed by atoms with Gasteiger partial charge in [0, 0.05) is 25.2 Å². The first-order chi connectivity index (χ1) is 6.91. The lowest BCUT2D eigenvalue weighted by Crippen LogP contribution is -2.58. The van der Waals surface area contributed by atoms with E-state index in [4.69, 9.17) is 4.74 Å². The van der Waals surface area contributed by atoms with Crippen LogP contribution < -0.4 is 5.32 Å². The van der Waals surface area contributed by atoms with Crippen molar-refractivity contribution in [1.29, 1.82) is 0 Å². The van der Waals surface area contributed by atoms with Crippen LogP contribution in [0.1, 0.15) is 27.7 Å². The third-order valence-corrected chi connectivity index (χ3v) is 2.46.